The average Bonchev–Trinajstić information content (AvgIpc) is 2.46. The Balaban J connectivity index is 2.05. The quantitative estimate of drug-likeness (QED) is 0.813. The minimum Gasteiger partial charge on any atom is -0.399 e. The molecule has 1 aromatic carbocycles. The monoisotopic (exact) mass is 354 g/mol. The molecule has 0 aromatic heterocycles. The van der Waals surface area contributed by atoms with Gasteiger partial charge in [0.05, 0.1) is 5.60 Å². The largest absolute Gasteiger partial charge is 0.399 e. The first-order valence-corrected chi connectivity index (χ1v) is 8.28. The van der Waals surface area contributed by atoms with Crippen LogP contribution in [0, 0.1) is 0 Å². The highest BCUT2D eigenvalue weighted by Gasteiger charge is 2.35. The number of carbonyl (C=O) groups is 1. The number of hydrogen-bond acceptors (Lipinski definition) is 3. The molecule has 116 valence electrons. The number of halogens is 1. The molecular formula is C16H23BrN2O2. The van der Waals surface area contributed by atoms with E-state index in [1.54, 1.807) is 18.2 Å². The summed E-state index contributed by atoms with van der Waals surface area (Å²) in [6, 6.07) is 5.43. The first-order valence-electron chi connectivity index (χ1n) is 7.49. The second-order valence-corrected chi connectivity index (χ2v) is 6.59. The maximum Gasteiger partial charge on any atom is 0.251 e. The van der Waals surface area contributed by atoms with Gasteiger partial charge >= 0.3 is 0 Å². The normalized spacial score (nSPS) is 21.0. The van der Waals surface area contributed by atoms with Crippen LogP contribution in [0.4, 0.5) is 5.69 Å². The molecule has 1 unspecified atom stereocenters. The third-order valence-electron chi connectivity index (χ3n) is 4.30. The number of nitrogens with two attached hydrogens (primary N) is 1. The third-order valence-corrected chi connectivity index (χ3v) is 4.76. The molecule has 0 aliphatic carbocycles. The molecule has 5 heteroatoms. The summed E-state index contributed by atoms with van der Waals surface area (Å²) in [5, 5.41) is 3.12. The van der Waals surface area contributed by atoms with Crippen molar-refractivity contribution in [1.29, 1.82) is 0 Å². The minimum absolute atomic E-state index is 0.0731. The van der Waals surface area contributed by atoms with E-state index in [1.807, 2.05) is 0 Å². The van der Waals surface area contributed by atoms with Gasteiger partial charge in [0.1, 0.15) is 0 Å². The molecular weight excluding hydrogens is 332 g/mol. The molecule has 1 aromatic rings. The fraction of sp³-hybridized carbons (Fsp3) is 0.562. The minimum atomic E-state index is -0.0908. The summed E-state index contributed by atoms with van der Waals surface area (Å²) < 4.78 is 6.76. The Labute approximate surface area is 134 Å². The van der Waals surface area contributed by atoms with Crippen LogP contribution in [0.2, 0.25) is 0 Å². The Hall–Kier alpha value is -1.07. The van der Waals surface area contributed by atoms with E-state index in [1.165, 1.54) is 0 Å². The van der Waals surface area contributed by atoms with E-state index < -0.39 is 0 Å². The zero-order valence-electron chi connectivity index (χ0n) is 12.6. The van der Waals surface area contributed by atoms with Crippen LogP contribution in [-0.2, 0) is 4.74 Å². The molecule has 2 rings (SSSR count). The second-order valence-electron chi connectivity index (χ2n) is 5.68. The molecule has 1 atom stereocenters. The number of benzene rings is 1. The molecule has 0 saturated carbocycles. The van der Waals surface area contributed by atoms with E-state index in [9.17, 15) is 4.79 Å². The highest BCUT2D eigenvalue weighted by molar-refractivity contribution is 9.10. The van der Waals surface area contributed by atoms with Gasteiger partial charge in [0.25, 0.3) is 5.91 Å². The third kappa shape index (κ3) is 3.98. The molecule has 1 amide bonds. The van der Waals surface area contributed by atoms with Gasteiger partial charge in [-0.05, 0) is 43.9 Å². The zero-order chi connectivity index (χ0) is 15.5. The van der Waals surface area contributed by atoms with Crippen LogP contribution in [-0.4, -0.2) is 24.2 Å². The van der Waals surface area contributed by atoms with Crippen molar-refractivity contribution in [2.24, 2.45) is 0 Å². The highest BCUT2D eigenvalue weighted by Crippen LogP contribution is 2.31. The SMILES string of the molecule is CCC1(CC)CC(NC(=O)c2cc(N)cc(Br)c2)CCO1. The molecule has 1 heterocycles. The van der Waals surface area contributed by atoms with E-state index in [0.717, 1.165) is 30.2 Å². The summed E-state index contributed by atoms with van der Waals surface area (Å²) in [5.41, 5.74) is 6.87. The maximum atomic E-state index is 12.4. The number of amides is 1. The van der Waals surface area contributed by atoms with Crippen molar-refractivity contribution in [1.82, 2.24) is 5.32 Å². The van der Waals surface area contributed by atoms with Crippen LogP contribution in [0.1, 0.15) is 49.9 Å². The van der Waals surface area contributed by atoms with Gasteiger partial charge in [-0.25, -0.2) is 0 Å². The van der Waals surface area contributed by atoms with Crippen molar-refractivity contribution >= 4 is 27.5 Å². The van der Waals surface area contributed by atoms with Gasteiger partial charge in [-0.1, -0.05) is 29.8 Å². The van der Waals surface area contributed by atoms with E-state index >= 15 is 0 Å². The number of nitrogens with one attached hydrogen (secondary N) is 1. The summed E-state index contributed by atoms with van der Waals surface area (Å²) in [6.45, 7) is 4.98. The number of anilines is 1. The van der Waals surface area contributed by atoms with Gasteiger partial charge in [-0.3, -0.25) is 4.79 Å². The lowest BCUT2D eigenvalue weighted by Crippen LogP contribution is -2.48. The fourth-order valence-corrected chi connectivity index (χ4v) is 3.42. The number of carbonyl (C=O) groups excluding carboxylic acids is 1. The molecule has 3 N–H and O–H groups in total. The van der Waals surface area contributed by atoms with Crippen molar-refractivity contribution in [3.63, 3.8) is 0 Å². The predicted molar refractivity (Wildman–Crippen MR) is 88.3 cm³/mol. The number of hydrogen-bond donors (Lipinski definition) is 2. The summed E-state index contributed by atoms with van der Waals surface area (Å²) in [4.78, 5) is 12.4. The van der Waals surface area contributed by atoms with Crippen molar-refractivity contribution < 1.29 is 9.53 Å². The average molecular weight is 355 g/mol. The standard InChI is InChI=1S/C16H23BrN2O2/c1-3-16(4-2)10-14(5-6-21-16)19-15(20)11-7-12(17)9-13(18)8-11/h7-9,14H,3-6,10,18H2,1-2H3,(H,19,20). The topological polar surface area (TPSA) is 64.4 Å². The van der Waals surface area contributed by atoms with Gasteiger partial charge in [-0.15, -0.1) is 0 Å². The van der Waals surface area contributed by atoms with Gasteiger partial charge in [0, 0.05) is 28.4 Å². The maximum absolute atomic E-state index is 12.4. The van der Waals surface area contributed by atoms with Gasteiger partial charge in [-0.2, -0.15) is 0 Å². The van der Waals surface area contributed by atoms with Crippen LogP contribution in [0.25, 0.3) is 0 Å². The Morgan fingerprint density at radius 3 is 2.76 bits per heavy atom. The van der Waals surface area contributed by atoms with Crippen LogP contribution >= 0.6 is 15.9 Å². The van der Waals surface area contributed by atoms with Crippen molar-refractivity contribution in [3.05, 3.63) is 28.2 Å². The van der Waals surface area contributed by atoms with E-state index in [0.29, 0.717) is 17.9 Å². The molecule has 21 heavy (non-hydrogen) atoms. The highest BCUT2D eigenvalue weighted by atomic mass is 79.9. The van der Waals surface area contributed by atoms with Crippen molar-refractivity contribution in [2.45, 2.75) is 51.2 Å². The zero-order valence-corrected chi connectivity index (χ0v) is 14.2. The Morgan fingerprint density at radius 2 is 2.14 bits per heavy atom. The molecule has 1 saturated heterocycles. The van der Waals surface area contributed by atoms with Gasteiger partial charge in [0.2, 0.25) is 0 Å². The molecule has 0 bridgehead atoms. The number of nitrogen functional groups attached to an aromatic ring is 1. The summed E-state index contributed by atoms with van der Waals surface area (Å²) in [5.74, 6) is -0.0731. The first-order chi connectivity index (χ1) is 9.98. The molecule has 1 aliphatic heterocycles. The predicted octanol–water partition coefficient (Wildman–Crippen LogP) is 3.50. The van der Waals surface area contributed by atoms with Gasteiger partial charge in [0.15, 0.2) is 0 Å². The molecule has 1 aliphatic rings. The molecule has 4 nitrogen and oxygen atoms in total. The Morgan fingerprint density at radius 1 is 1.43 bits per heavy atom. The molecule has 0 spiro atoms. The Kier molecular flexibility index (Phi) is 5.27. The summed E-state index contributed by atoms with van der Waals surface area (Å²) >= 11 is 3.37. The second kappa shape index (κ2) is 6.79. The van der Waals surface area contributed by atoms with E-state index in [2.05, 4.69) is 35.1 Å². The lowest BCUT2D eigenvalue weighted by molar-refractivity contribution is -0.0917. The molecule has 0 radical (unpaired) electrons. The summed E-state index contributed by atoms with van der Waals surface area (Å²) in [6.07, 6.45) is 3.67. The van der Waals surface area contributed by atoms with Crippen molar-refractivity contribution in [2.75, 3.05) is 12.3 Å². The summed E-state index contributed by atoms with van der Waals surface area (Å²) in [7, 11) is 0. The van der Waals surface area contributed by atoms with E-state index in [4.69, 9.17) is 10.5 Å². The Bertz CT molecular complexity index is 495. The van der Waals surface area contributed by atoms with Gasteiger partial charge < -0.3 is 15.8 Å². The fourth-order valence-electron chi connectivity index (χ4n) is 2.91. The lowest BCUT2D eigenvalue weighted by atomic mass is 9.86. The van der Waals surface area contributed by atoms with E-state index in [-0.39, 0.29) is 17.6 Å². The van der Waals surface area contributed by atoms with Crippen LogP contribution < -0.4 is 11.1 Å². The molecule has 1 fully saturated rings. The first kappa shape index (κ1) is 16.3. The number of ether oxygens (including phenoxy) is 1. The van der Waals surface area contributed by atoms with Crippen LogP contribution in [0.3, 0.4) is 0 Å². The van der Waals surface area contributed by atoms with Crippen LogP contribution in [0.5, 0.6) is 0 Å². The lowest BCUT2D eigenvalue weighted by Gasteiger charge is -2.40. The van der Waals surface area contributed by atoms with Crippen LogP contribution in [0.15, 0.2) is 22.7 Å². The van der Waals surface area contributed by atoms with Crippen molar-refractivity contribution in [3.8, 4) is 0 Å². The number of rotatable bonds is 4. The smallest absolute Gasteiger partial charge is 0.251 e.